The van der Waals surface area contributed by atoms with Gasteiger partial charge in [0.2, 0.25) is 6.43 Å². The Hall–Kier alpha value is 0.0838. The Labute approximate surface area is 77.9 Å². The fraction of sp³-hybridized carbons (Fsp3) is 1.00. The van der Waals surface area contributed by atoms with E-state index in [1.54, 1.807) is 0 Å². The summed E-state index contributed by atoms with van der Waals surface area (Å²) in [6.45, 7) is 0. The molecule has 0 saturated heterocycles. The molecule has 80 valence electrons. The van der Waals surface area contributed by atoms with Gasteiger partial charge in [0, 0.05) is 22.0 Å². The van der Waals surface area contributed by atoms with Gasteiger partial charge in [-0.2, -0.15) is 0 Å². The van der Waals surface area contributed by atoms with Crippen molar-refractivity contribution in [1.82, 2.24) is 0 Å². The van der Waals surface area contributed by atoms with Gasteiger partial charge in [0.05, 0.1) is 0 Å². The van der Waals surface area contributed by atoms with Crippen LogP contribution in [0.2, 0.25) is 18.1 Å². The summed E-state index contributed by atoms with van der Waals surface area (Å²) in [5.74, 6) is 0. The Morgan fingerprint density at radius 3 is 2.15 bits per heavy atom. The molecule has 0 atom stereocenters. The van der Waals surface area contributed by atoms with E-state index >= 15 is 0 Å². The van der Waals surface area contributed by atoms with Gasteiger partial charge in [0.1, 0.15) is 0 Å². The molecule has 0 fully saturated rings. The first-order valence-electron chi connectivity index (χ1n) is 4.27. The molecular weight excluding hydrogens is 223 g/mol. The molecule has 0 bridgehead atoms. The van der Waals surface area contributed by atoms with Crippen molar-refractivity contribution in [2.24, 2.45) is 0 Å². The lowest BCUT2D eigenvalue weighted by Gasteiger charge is -2.01. The molecule has 0 amide bonds. The lowest BCUT2D eigenvalue weighted by atomic mass is 10.3. The molecule has 0 saturated carbocycles. The maximum Gasteiger partial charge on any atom is 0.615 e. The zero-order chi connectivity index (χ0) is 10.3. The smallest absolute Gasteiger partial charge is 0.238 e. The summed E-state index contributed by atoms with van der Waals surface area (Å²) in [6, 6.07) is 0.266. The van der Waals surface area contributed by atoms with Crippen LogP contribution in [0.3, 0.4) is 0 Å². The quantitative estimate of drug-likeness (QED) is 0.276. The van der Waals surface area contributed by atoms with Crippen molar-refractivity contribution in [2.45, 2.75) is 37.4 Å². The summed E-state index contributed by atoms with van der Waals surface area (Å²) in [5, 5.41) is 0. The maximum absolute atomic E-state index is 11.7. The van der Waals surface area contributed by atoms with Crippen LogP contribution in [0, 0.1) is 0 Å². The zero-order valence-corrected chi connectivity index (χ0v) is 9.62. The van der Waals surface area contributed by atoms with Crippen LogP contribution in [0.1, 0.15) is 12.8 Å². The van der Waals surface area contributed by atoms with Crippen LogP contribution < -0.4 is 0 Å². The molecule has 0 aliphatic rings. The first-order chi connectivity index (χ1) is 5.92. The topological polar surface area (TPSA) is 0 Å². The fourth-order valence-corrected chi connectivity index (χ4v) is 4.58. The fourth-order valence-electron chi connectivity index (χ4n) is 0.978. The Kier molecular flexibility index (Phi) is 6.57. The lowest BCUT2D eigenvalue weighted by Crippen LogP contribution is -2.14. The minimum Gasteiger partial charge on any atom is -0.238 e. The van der Waals surface area contributed by atoms with E-state index in [4.69, 9.17) is 0 Å². The molecular formula is C6H13F5Si2. The van der Waals surface area contributed by atoms with Crippen LogP contribution in [0.25, 0.3) is 0 Å². The summed E-state index contributed by atoms with van der Waals surface area (Å²) in [6.07, 6.45) is -2.06. The molecule has 0 aliphatic heterocycles. The van der Waals surface area contributed by atoms with Gasteiger partial charge in [0.25, 0.3) is 0 Å². The molecule has 0 aromatic carbocycles. The number of halogens is 5. The van der Waals surface area contributed by atoms with Crippen molar-refractivity contribution in [1.29, 1.82) is 0 Å². The highest BCUT2D eigenvalue weighted by atomic mass is 28.5. The molecule has 13 heavy (non-hydrogen) atoms. The van der Waals surface area contributed by atoms with E-state index in [-0.39, 0.29) is 12.5 Å². The van der Waals surface area contributed by atoms with Crippen molar-refractivity contribution in [3.63, 3.8) is 0 Å². The average molecular weight is 236 g/mol. The van der Waals surface area contributed by atoms with E-state index in [1.165, 1.54) is 0 Å². The van der Waals surface area contributed by atoms with E-state index in [1.807, 2.05) is 0 Å². The number of rotatable bonds is 7. The van der Waals surface area contributed by atoms with Gasteiger partial charge in [-0.25, -0.2) is 21.1 Å². The molecule has 0 spiro atoms. The number of hydrogen-bond acceptors (Lipinski definition) is 0. The molecule has 0 heterocycles. The van der Waals surface area contributed by atoms with Crippen molar-refractivity contribution in [3.05, 3.63) is 0 Å². The second-order valence-electron chi connectivity index (χ2n) is 2.96. The molecule has 0 aliphatic carbocycles. The van der Waals surface area contributed by atoms with Crippen molar-refractivity contribution in [2.75, 3.05) is 0 Å². The van der Waals surface area contributed by atoms with Crippen LogP contribution in [0.15, 0.2) is 0 Å². The van der Waals surface area contributed by atoms with E-state index in [2.05, 4.69) is 0 Å². The van der Waals surface area contributed by atoms with E-state index in [0.29, 0.717) is 12.5 Å². The third kappa shape index (κ3) is 12.1. The zero-order valence-electron chi connectivity index (χ0n) is 7.21. The molecule has 0 radical (unpaired) electrons. The normalized spacial score (nSPS) is 13.4. The number of alkyl halides is 2. The Bertz CT molecular complexity index is 125. The van der Waals surface area contributed by atoms with Crippen LogP contribution in [0.5, 0.6) is 0 Å². The Balaban J connectivity index is 3.09. The summed E-state index contributed by atoms with van der Waals surface area (Å²) >= 11 is 0. The van der Waals surface area contributed by atoms with Gasteiger partial charge >= 0.3 is 9.08 Å². The summed E-state index contributed by atoms with van der Waals surface area (Å²) in [7, 11) is -6.08. The SMILES string of the molecule is FC(F)CCC[SiH2]CC[Si](F)(F)F. The second kappa shape index (κ2) is 6.52. The van der Waals surface area contributed by atoms with Crippen LogP contribution >= 0.6 is 0 Å². The van der Waals surface area contributed by atoms with Crippen molar-refractivity contribution < 1.29 is 21.1 Å². The predicted octanol–water partition coefficient (Wildman–Crippen LogP) is 2.88. The molecule has 0 aromatic rings. The first-order valence-corrected chi connectivity index (χ1v) is 8.11. The first kappa shape index (κ1) is 13.1. The van der Waals surface area contributed by atoms with Gasteiger partial charge in [-0.1, -0.05) is 18.5 Å². The standard InChI is InChI=1S/C6H13F5Si2/c7-6(8)2-1-3-12-4-5-13(9,10)11/h6H,1-5,12H2. The molecule has 0 rings (SSSR count). The Morgan fingerprint density at radius 1 is 1.08 bits per heavy atom. The van der Waals surface area contributed by atoms with Gasteiger partial charge in [-0.3, -0.25) is 0 Å². The monoisotopic (exact) mass is 236 g/mol. The number of hydrogen-bond donors (Lipinski definition) is 0. The third-order valence-corrected chi connectivity index (χ3v) is 5.11. The van der Waals surface area contributed by atoms with Crippen LogP contribution in [0.4, 0.5) is 21.1 Å². The van der Waals surface area contributed by atoms with Crippen molar-refractivity contribution >= 4 is 18.6 Å². The van der Waals surface area contributed by atoms with Gasteiger partial charge < -0.3 is 0 Å². The summed E-state index contributed by atoms with van der Waals surface area (Å²) < 4.78 is 58.4. The summed E-state index contributed by atoms with van der Waals surface area (Å²) in [4.78, 5) is 0. The highest BCUT2D eigenvalue weighted by Crippen LogP contribution is 2.17. The predicted molar refractivity (Wildman–Crippen MR) is 47.3 cm³/mol. The van der Waals surface area contributed by atoms with E-state index in [0.717, 1.165) is 0 Å². The van der Waals surface area contributed by atoms with Crippen LogP contribution in [-0.2, 0) is 0 Å². The van der Waals surface area contributed by atoms with Crippen LogP contribution in [-0.4, -0.2) is 25.0 Å². The molecule has 0 unspecified atom stereocenters. The third-order valence-electron chi connectivity index (χ3n) is 1.63. The highest BCUT2D eigenvalue weighted by molar-refractivity contribution is 6.59. The minimum absolute atomic E-state index is 0.156. The molecule has 0 N–H and O–H groups in total. The second-order valence-corrected chi connectivity index (χ2v) is 6.81. The highest BCUT2D eigenvalue weighted by Gasteiger charge is 2.35. The molecule has 0 nitrogen and oxygen atoms in total. The molecule has 7 heteroatoms. The van der Waals surface area contributed by atoms with Gasteiger partial charge in [-0.15, -0.1) is 0 Å². The molecule has 0 aromatic heterocycles. The maximum atomic E-state index is 11.7. The lowest BCUT2D eigenvalue weighted by molar-refractivity contribution is 0.136. The summed E-state index contributed by atoms with van der Waals surface area (Å²) in [5.41, 5.74) is 0. The largest absolute Gasteiger partial charge is 0.615 e. The van der Waals surface area contributed by atoms with E-state index < -0.39 is 31.1 Å². The van der Waals surface area contributed by atoms with Gasteiger partial charge in [-0.05, 0) is 0 Å². The minimum atomic E-state index is -5.35. The van der Waals surface area contributed by atoms with Gasteiger partial charge in [0.15, 0.2) is 0 Å². The van der Waals surface area contributed by atoms with Crippen molar-refractivity contribution in [3.8, 4) is 0 Å². The average Bonchev–Trinajstić information content (AvgIpc) is 1.93. The Morgan fingerprint density at radius 2 is 1.69 bits per heavy atom. The van der Waals surface area contributed by atoms with E-state index in [9.17, 15) is 21.1 Å².